The van der Waals surface area contributed by atoms with E-state index in [9.17, 15) is 4.79 Å². The third kappa shape index (κ3) is 5.73. The molecule has 0 saturated carbocycles. The zero-order chi connectivity index (χ0) is 24.8. The number of esters is 1. The predicted octanol–water partition coefficient (Wildman–Crippen LogP) is 5.04. The Labute approximate surface area is 207 Å². The van der Waals surface area contributed by atoms with Crippen LogP contribution >= 0.6 is 0 Å². The van der Waals surface area contributed by atoms with Crippen molar-refractivity contribution >= 4 is 12.0 Å². The van der Waals surface area contributed by atoms with Gasteiger partial charge in [0.15, 0.2) is 23.0 Å². The van der Waals surface area contributed by atoms with Crippen LogP contribution in [0, 0.1) is 0 Å². The molecule has 4 rings (SSSR count). The molecule has 0 radical (unpaired) electrons. The minimum atomic E-state index is -0.333. The number of nitrogens with zero attached hydrogens (tertiary/aromatic N) is 1. The Morgan fingerprint density at radius 1 is 0.857 bits per heavy atom. The van der Waals surface area contributed by atoms with E-state index in [1.807, 2.05) is 24.3 Å². The molecule has 188 valence electrons. The minimum absolute atomic E-state index is 0.144. The summed E-state index contributed by atoms with van der Waals surface area (Å²) in [6, 6.07) is 12.2. The van der Waals surface area contributed by atoms with Crippen molar-refractivity contribution in [3.05, 3.63) is 53.6 Å². The first-order chi connectivity index (χ1) is 17.1. The molecule has 2 aromatic rings. The number of rotatable bonds is 8. The number of carbonyl (C=O) groups is 1. The summed E-state index contributed by atoms with van der Waals surface area (Å²) >= 11 is 0. The summed E-state index contributed by atoms with van der Waals surface area (Å²) in [5.74, 6) is 2.36. The molecule has 0 unspecified atom stereocenters. The molecule has 0 bridgehead atoms. The molecule has 0 aliphatic carbocycles. The molecule has 0 N–H and O–H groups in total. The molecule has 35 heavy (non-hydrogen) atoms. The SMILES string of the molecule is COc1ccc(C=CC(=O)O[C@H]2C[C@H]3CCCCN3[C@H](c3ccc(OC)c(OC)c3)C2)cc1OC. The van der Waals surface area contributed by atoms with Crippen molar-refractivity contribution in [3.63, 3.8) is 0 Å². The molecule has 2 aliphatic heterocycles. The van der Waals surface area contributed by atoms with Crippen LogP contribution in [0.4, 0.5) is 0 Å². The second kappa shape index (κ2) is 11.5. The quantitative estimate of drug-likeness (QED) is 0.387. The van der Waals surface area contributed by atoms with E-state index in [0.717, 1.165) is 42.7 Å². The summed E-state index contributed by atoms with van der Waals surface area (Å²) in [4.78, 5) is 15.3. The molecule has 2 fully saturated rings. The lowest BCUT2D eigenvalue weighted by atomic mass is 9.84. The molecular formula is C28H35NO6. The van der Waals surface area contributed by atoms with Gasteiger partial charge in [0.2, 0.25) is 0 Å². The molecule has 0 spiro atoms. The lowest BCUT2D eigenvalue weighted by Gasteiger charge is -2.47. The number of piperidine rings is 2. The topological polar surface area (TPSA) is 66.5 Å². The van der Waals surface area contributed by atoms with E-state index in [-0.39, 0.29) is 18.1 Å². The van der Waals surface area contributed by atoms with Crippen LogP contribution in [0.1, 0.15) is 49.3 Å². The summed E-state index contributed by atoms with van der Waals surface area (Å²) in [5.41, 5.74) is 2.00. The van der Waals surface area contributed by atoms with Crippen molar-refractivity contribution in [2.75, 3.05) is 35.0 Å². The second-order valence-electron chi connectivity index (χ2n) is 9.00. The highest BCUT2D eigenvalue weighted by Crippen LogP contribution is 2.42. The number of hydrogen-bond acceptors (Lipinski definition) is 7. The molecule has 2 saturated heterocycles. The van der Waals surface area contributed by atoms with Crippen LogP contribution in [0.15, 0.2) is 42.5 Å². The number of ether oxygens (including phenoxy) is 5. The minimum Gasteiger partial charge on any atom is -0.493 e. The van der Waals surface area contributed by atoms with Crippen LogP contribution in [0.2, 0.25) is 0 Å². The lowest BCUT2D eigenvalue weighted by Crippen LogP contribution is -2.49. The number of hydrogen-bond donors (Lipinski definition) is 0. The van der Waals surface area contributed by atoms with Crippen molar-refractivity contribution in [1.29, 1.82) is 0 Å². The van der Waals surface area contributed by atoms with Crippen LogP contribution in [0.3, 0.4) is 0 Å². The maximum absolute atomic E-state index is 12.7. The summed E-state index contributed by atoms with van der Waals surface area (Å²) in [5, 5.41) is 0. The third-order valence-corrected chi connectivity index (χ3v) is 6.99. The first kappa shape index (κ1) is 24.9. The summed E-state index contributed by atoms with van der Waals surface area (Å²) in [6.07, 6.45) is 8.22. The Morgan fingerprint density at radius 2 is 1.54 bits per heavy atom. The van der Waals surface area contributed by atoms with E-state index in [2.05, 4.69) is 17.0 Å². The third-order valence-electron chi connectivity index (χ3n) is 6.99. The fourth-order valence-electron chi connectivity index (χ4n) is 5.28. The Hall–Kier alpha value is -3.19. The first-order valence-corrected chi connectivity index (χ1v) is 12.1. The van der Waals surface area contributed by atoms with E-state index in [1.165, 1.54) is 18.9 Å². The average Bonchev–Trinajstić information content (AvgIpc) is 2.90. The van der Waals surface area contributed by atoms with E-state index < -0.39 is 0 Å². The highest BCUT2D eigenvalue weighted by molar-refractivity contribution is 5.87. The molecule has 2 aliphatic rings. The van der Waals surface area contributed by atoms with Crippen molar-refractivity contribution < 1.29 is 28.5 Å². The van der Waals surface area contributed by atoms with Gasteiger partial charge in [0, 0.05) is 31.0 Å². The van der Waals surface area contributed by atoms with Gasteiger partial charge in [0.25, 0.3) is 0 Å². The number of fused-ring (bicyclic) bond motifs is 1. The Balaban J connectivity index is 1.48. The molecule has 7 nitrogen and oxygen atoms in total. The maximum atomic E-state index is 12.7. The van der Waals surface area contributed by atoms with Crippen molar-refractivity contribution in [2.24, 2.45) is 0 Å². The molecule has 0 aromatic heterocycles. The monoisotopic (exact) mass is 481 g/mol. The smallest absolute Gasteiger partial charge is 0.331 e. The van der Waals surface area contributed by atoms with Gasteiger partial charge in [-0.2, -0.15) is 0 Å². The van der Waals surface area contributed by atoms with Gasteiger partial charge in [-0.05, 0) is 60.9 Å². The lowest BCUT2D eigenvalue weighted by molar-refractivity contribution is -0.148. The summed E-state index contributed by atoms with van der Waals surface area (Å²) in [7, 11) is 6.48. The Kier molecular flexibility index (Phi) is 8.18. The van der Waals surface area contributed by atoms with Gasteiger partial charge in [-0.15, -0.1) is 0 Å². The van der Waals surface area contributed by atoms with E-state index >= 15 is 0 Å². The van der Waals surface area contributed by atoms with Gasteiger partial charge in [0.1, 0.15) is 6.10 Å². The molecule has 3 atom stereocenters. The van der Waals surface area contributed by atoms with Crippen LogP contribution in [0.25, 0.3) is 6.08 Å². The van der Waals surface area contributed by atoms with Gasteiger partial charge in [-0.25, -0.2) is 4.79 Å². The van der Waals surface area contributed by atoms with Crippen LogP contribution in [-0.2, 0) is 9.53 Å². The maximum Gasteiger partial charge on any atom is 0.331 e. The number of carbonyl (C=O) groups excluding carboxylic acids is 1. The van der Waals surface area contributed by atoms with Gasteiger partial charge < -0.3 is 23.7 Å². The van der Waals surface area contributed by atoms with Gasteiger partial charge in [-0.1, -0.05) is 18.6 Å². The fraction of sp³-hybridized carbons (Fsp3) is 0.464. The standard InChI is InChI=1S/C28H35NO6/c1-31-24-11-8-19(15-26(24)33-3)9-13-28(30)35-22-17-21-7-5-6-14-29(21)23(18-22)20-10-12-25(32-2)27(16-20)34-4/h8-13,15-16,21-23H,5-7,14,17-18H2,1-4H3/t21-,22+,23+/m1/s1. The summed E-state index contributed by atoms with van der Waals surface area (Å²) in [6.45, 7) is 1.06. The van der Waals surface area contributed by atoms with Crippen LogP contribution in [-0.4, -0.2) is 58.0 Å². The van der Waals surface area contributed by atoms with Gasteiger partial charge in [-0.3, -0.25) is 4.90 Å². The second-order valence-corrected chi connectivity index (χ2v) is 9.00. The molecule has 2 aromatic carbocycles. The molecular weight excluding hydrogens is 446 g/mol. The summed E-state index contributed by atoms with van der Waals surface area (Å²) < 4.78 is 27.5. The van der Waals surface area contributed by atoms with Gasteiger partial charge >= 0.3 is 5.97 Å². The Bertz CT molecular complexity index is 1050. The molecule has 7 heteroatoms. The predicted molar refractivity (Wildman–Crippen MR) is 134 cm³/mol. The average molecular weight is 482 g/mol. The first-order valence-electron chi connectivity index (χ1n) is 12.1. The van der Waals surface area contributed by atoms with Crippen LogP contribution < -0.4 is 18.9 Å². The highest BCUT2D eigenvalue weighted by atomic mass is 16.5. The van der Waals surface area contributed by atoms with Crippen molar-refractivity contribution in [3.8, 4) is 23.0 Å². The van der Waals surface area contributed by atoms with E-state index in [1.54, 1.807) is 34.5 Å². The van der Waals surface area contributed by atoms with Crippen molar-refractivity contribution in [2.45, 2.75) is 50.3 Å². The van der Waals surface area contributed by atoms with E-state index in [4.69, 9.17) is 23.7 Å². The van der Waals surface area contributed by atoms with Crippen LogP contribution in [0.5, 0.6) is 23.0 Å². The normalized spacial score (nSPS) is 22.3. The number of benzene rings is 2. The zero-order valence-corrected chi connectivity index (χ0v) is 21.0. The fourth-order valence-corrected chi connectivity index (χ4v) is 5.28. The van der Waals surface area contributed by atoms with Crippen molar-refractivity contribution in [1.82, 2.24) is 4.90 Å². The highest BCUT2D eigenvalue weighted by Gasteiger charge is 2.39. The Morgan fingerprint density at radius 3 is 2.26 bits per heavy atom. The van der Waals surface area contributed by atoms with E-state index in [0.29, 0.717) is 23.3 Å². The van der Waals surface area contributed by atoms with Gasteiger partial charge in [0.05, 0.1) is 28.4 Å². The molecule has 2 heterocycles. The zero-order valence-electron chi connectivity index (χ0n) is 21.0. The largest absolute Gasteiger partial charge is 0.493 e. The number of methoxy groups -OCH3 is 4. The molecule has 0 amide bonds.